The molecule has 0 heterocycles. The molecular weight excluding hydrogens is 160 g/mol. The van der Waals surface area contributed by atoms with Gasteiger partial charge in [0.1, 0.15) is 0 Å². The number of hydrogen-bond acceptors (Lipinski definition) is 4. The van der Waals surface area contributed by atoms with E-state index in [1.807, 2.05) is 0 Å². The molecule has 5 heteroatoms. The van der Waals surface area contributed by atoms with Gasteiger partial charge < -0.3 is 15.2 Å². The maximum absolute atomic E-state index is 10.4. The second kappa shape index (κ2) is 6.45. The first-order chi connectivity index (χ1) is 5.66. The van der Waals surface area contributed by atoms with Gasteiger partial charge >= 0.3 is 6.16 Å². The minimum absolute atomic E-state index is 0.160. The van der Waals surface area contributed by atoms with Crippen LogP contribution in [0.5, 0.6) is 0 Å². The Labute approximate surface area is 71.3 Å². The lowest BCUT2D eigenvalue weighted by Gasteiger charge is -2.01. The molecule has 0 aromatic carbocycles. The van der Waals surface area contributed by atoms with E-state index < -0.39 is 6.16 Å². The number of unbranched alkanes of at least 4 members (excludes halogenated alkanes) is 1. The van der Waals surface area contributed by atoms with E-state index in [1.54, 1.807) is 0 Å². The topological polar surface area (TPSA) is 85.4 Å². The Morgan fingerprint density at radius 2 is 2.17 bits per heavy atom. The summed E-state index contributed by atoms with van der Waals surface area (Å²) in [5, 5.41) is 6.90. The first kappa shape index (κ1) is 10.7. The fraction of sp³-hybridized carbons (Fsp3) is 0.714. The number of hydrogen-bond donors (Lipinski definition) is 2. The van der Waals surface area contributed by atoms with Crippen molar-refractivity contribution in [2.45, 2.75) is 19.3 Å². The zero-order valence-electron chi connectivity index (χ0n) is 7.13. The van der Waals surface area contributed by atoms with E-state index in [2.05, 4.69) is 9.47 Å². The molecule has 0 radical (unpaired) electrons. The van der Waals surface area contributed by atoms with E-state index in [4.69, 9.17) is 11.1 Å². The Balaban J connectivity index is 3.11. The maximum atomic E-state index is 10.4. The molecule has 0 bridgehead atoms. The van der Waals surface area contributed by atoms with Crippen molar-refractivity contribution < 1.29 is 14.3 Å². The molecular formula is C7H14N2O3. The largest absolute Gasteiger partial charge is 0.507 e. The van der Waals surface area contributed by atoms with Gasteiger partial charge in [0.2, 0.25) is 0 Å². The molecule has 0 rings (SSSR count). The summed E-state index contributed by atoms with van der Waals surface area (Å²) < 4.78 is 8.85. The van der Waals surface area contributed by atoms with Gasteiger partial charge in [0, 0.05) is 6.42 Å². The standard InChI is InChI=1S/C7H14N2O3/c1-11-7(10)12-5-3-2-4-6(8)9/h2-5H2,1H3,(H3,8,9). The van der Waals surface area contributed by atoms with Crippen LogP contribution >= 0.6 is 0 Å². The van der Waals surface area contributed by atoms with Crippen LogP contribution in [0, 0.1) is 5.41 Å². The summed E-state index contributed by atoms with van der Waals surface area (Å²) in [6.07, 6.45) is 1.34. The molecule has 0 aromatic rings. The summed E-state index contributed by atoms with van der Waals surface area (Å²) in [6, 6.07) is 0. The van der Waals surface area contributed by atoms with E-state index in [-0.39, 0.29) is 5.84 Å². The third-order valence-corrected chi connectivity index (χ3v) is 1.23. The number of nitrogens with two attached hydrogens (primary N) is 1. The van der Waals surface area contributed by atoms with Crippen molar-refractivity contribution >= 4 is 12.0 Å². The third-order valence-electron chi connectivity index (χ3n) is 1.23. The van der Waals surface area contributed by atoms with Gasteiger partial charge in [0.05, 0.1) is 19.6 Å². The monoisotopic (exact) mass is 174 g/mol. The van der Waals surface area contributed by atoms with Crippen molar-refractivity contribution in [3.05, 3.63) is 0 Å². The number of rotatable bonds is 5. The van der Waals surface area contributed by atoms with Gasteiger partial charge in [-0.3, -0.25) is 5.41 Å². The smallest absolute Gasteiger partial charge is 0.438 e. The van der Waals surface area contributed by atoms with Crippen LogP contribution in [0.1, 0.15) is 19.3 Å². The summed E-state index contributed by atoms with van der Waals surface area (Å²) in [6.45, 7) is 0.319. The Bertz CT molecular complexity index is 159. The van der Waals surface area contributed by atoms with Crippen molar-refractivity contribution in [1.82, 2.24) is 0 Å². The van der Waals surface area contributed by atoms with Gasteiger partial charge in [-0.1, -0.05) is 0 Å². The van der Waals surface area contributed by atoms with Crippen LogP contribution in [0.25, 0.3) is 0 Å². The van der Waals surface area contributed by atoms with Crippen LogP contribution in [-0.2, 0) is 9.47 Å². The summed E-state index contributed by atoms with van der Waals surface area (Å²) in [5.74, 6) is 0.160. The molecule has 5 nitrogen and oxygen atoms in total. The molecule has 0 saturated carbocycles. The van der Waals surface area contributed by atoms with Gasteiger partial charge in [-0.15, -0.1) is 0 Å². The van der Waals surface area contributed by atoms with Gasteiger partial charge in [-0.2, -0.15) is 0 Å². The molecule has 0 aromatic heterocycles. The van der Waals surface area contributed by atoms with Crippen molar-refractivity contribution in [3.63, 3.8) is 0 Å². The number of methoxy groups -OCH3 is 1. The van der Waals surface area contributed by atoms with Crippen molar-refractivity contribution in [2.75, 3.05) is 13.7 Å². The molecule has 0 amide bonds. The predicted molar refractivity (Wildman–Crippen MR) is 44.1 cm³/mol. The first-order valence-corrected chi connectivity index (χ1v) is 3.70. The summed E-state index contributed by atoms with van der Waals surface area (Å²) >= 11 is 0. The lowest BCUT2D eigenvalue weighted by molar-refractivity contribution is 0.0716. The zero-order valence-corrected chi connectivity index (χ0v) is 7.13. The SMILES string of the molecule is COC(=O)OCCCCC(=N)N. The number of ether oxygens (including phenoxy) is 2. The van der Waals surface area contributed by atoms with Gasteiger partial charge in [-0.25, -0.2) is 4.79 Å². The van der Waals surface area contributed by atoms with Crippen LogP contribution in [0.15, 0.2) is 0 Å². The lowest BCUT2D eigenvalue weighted by Crippen LogP contribution is -2.10. The average molecular weight is 174 g/mol. The zero-order chi connectivity index (χ0) is 9.40. The van der Waals surface area contributed by atoms with E-state index >= 15 is 0 Å². The van der Waals surface area contributed by atoms with Crippen molar-refractivity contribution in [1.29, 1.82) is 5.41 Å². The predicted octanol–water partition coefficient (Wildman–Crippen LogP) is 0.876. The molecule has 0 aliphatic rings. The van der Waals surface area contributed by atoms with Gasteiger partial charge in [0.25, 0.3) is 0 Å². The normalized spacial score (nSPS) is 9.08. The lowest BCUT2D eigenvalue weighted by atomic mass is 10.2. The van der Waals surface area contributed by atoms with E-state index in [0.29, 0.717) is 19.4 Å². The Kier molecular flexibility index (Phi) is 5.77. The van der Waals surface area contributed by atoms with Crippen LogP contribution in [0.2, 0.25) is 0 Å². The number of amidine groups is 1. The molecule has 0 saturated heterocycles. The summed E-state index contributed by atoms with van der Waals surface area (Å²) in [4.78, 5) is 10.4. The minimum atomic E-state index is -0.669. The summed E-state index contributed by atoms with van der Waals surface area (Å²) in [5.41, 5.74) is 5.11. The maximum Gasteiger partial charge on any atom is 0.507 e. The molecule has 0 fully saturated rings. The third kappa shape index (κ3) is 6.85. The van der Waals surface area contributed by atoms with E-state index in [1.165, 1.54) is 7.11 Å². The molecule has 70 valence electrons. The van der Waals surface area contributed by atoms with Gasteiger partial charge in [0.15, 0.2) is 0 Å². The van der Waals surface area contributed by atoms with E-state index in [9.17, 15) is 4.79 Å². The Morgan fingerprint density at radius 3 is 2.67 bits per heavy atom. The van der Waals surface area contributed by atoms with Gasteiger partial charge in [-0.05, 0) is 12.8 Å². The highest BCUT2D eigenvalue weighted by atomic mass is 16.7. The quantitative estimate of drug-likeness (QED) is 0.280. The molecule has 12 heavy (non-hydrogen) atoms. The number of carbonyl (C=O) groups excluding carboxylic acids is 1. The van der Waals surface area contributed by atoms with Crippen LogP contribution in [0.3, 0.4) is 0 Å². The molecule has 0 spiro atoms. The minimum Gasteiger partial charge on any atom is -0.438 e. The fourth-order valence-corrected chi connectivity index (χ4v) is 0.632. The van der Waals surface area contributed by atoms with Crippen LogP contribution in [-0.4, -0.2) is 25.7 Å². The van der Waals surface area contributed by atoms with Crippen molar-refractivity contribution in [3.8, 4) is 0 Å². The molecule has 0 aliphatic heterocycles. The highest BCUT2D eigenvalue weighted by Crippen LogP contribution is 1.95. The second-order valence-corrected chi connectivity index (χ2v) is 2.28. The summed E-state index contributed by atoms with van der Waals surface area (Å²) in [7, 11) is 1.26. The average Bonchev–Trinajstić information content (AvgIpc) is 2.03. The molecule has 0 unspecified atom stereocenters. The second-order valence-electron chi connectivity index (χ2n) is 2.28. The highest BCUT2D eigenvalue weighted by Gasteiger charge is 1.98. The first-order valence-electron chi connectivity index (χ1n) is 3.70. The fourth-order valence-electron chi connectivity index (χ4n) is 0.632. The molecule has 0 atom stereocenters. The number of carbonyl (C=O) groups is 1. The van der Waals surface area contributed by atoms with Crippen LogP contribution < -0.4 is 5.73 Å². The van der Waals surface area contributed by atoms with E-state index in [0.717, 1.165) is 6.42 Å². The Hall–Kier alpha value is -1.26. The molecule has 0 aliphatic carbocycles. The Morgan fingerprint density at radius 1 is 1.50 bits per heavy atom. The number of nitrogens with one attached hydrogen (secondary N) is 1. The van der Waals surface area contributed by atoms with Crippen molar-refractivity contribution in [2.24, 2.45) is 5.73 Å². The van der Waals surface area contributed by atoms with Crippen LogP contribution in [0.4, 0.5) is 4.79 Å². The molecule has 3 N–H and O–H groups in total. The highest BCUT2D eigenvalue weighted by molar-refractivity contribution is 5.76.